The maximum atomic E-state index is 12.4. The van der Waals surface area contributed by atoms with Crippen molar-refractivity contribution in [2.24, 2.45) is 5.16 Å². The highest BCUT2D eigenvalue weighted by molar-refractivity contribution is 6.47. The minimum atomic E-state index is -0.531. The van der Waals surface area contributed by atoms with Gasteiger partial charge in [0, 0.05) is 18.9 Å². The first kappa shape index (κ1) is 14.3. The van der Waals surface area contributed by atoms with E-state index in [1.165, 1.54) is 6.92 Å². The van der Waals surface area contributed by atoms with Gasteiger partial charge in [-0.3, -0.25) is 4.79 Å². The summed E-state index contributed by atoms with van der Waals surface area (Å²) in [4.78, 5) is 27.9. The highest BCUT2D eigenvalue weighted by Gasteiger charge is 2.25. The average molecular weight is 297 g/mol. The van der Waals surface area contributed by atoms with Gasteiger partial charge in [0.05, 0.1) is 7.11 Å². The van der Waals surface area contributed by atoms with E-state index in [1.54, 1.807) is 13.2 Å². The van der Waals surface area contributed by atoms with Crippen LogP contribution in [-0.4, -0.2) is 24.6 Å². The molecular weight excluding hydrogens is 282 g/mol. The fourth-order valence-corrected chi connectivity index (χ4v) is 2.70. The van der Waals surface area contributed by atoms with Gasteiger partial charge in [0.25, 0.3) is 0 Å². The summed E-state index contributed by atoms with van der Waals surface area (Å²) in [5, 5.41) is 5.74. The molecule has 0 aliphatic heterocycles. The Bertz CT molecular complexity index is 808. The Morgan fingerprint density at radius 2 is 2.00 bits per heavy atom. The van der Waals surface area contributed by atoms with Gasteiger partial charge in [-0.2, -0.15) is 0 Å². The molecule has 22 heavy (non-hydrogen) atoms. The fraction of sp³-hybridized carbons (Fsp3) is 0.235. The second kappa shape index (κ2) is 5.60. The molecule has 1 aliphatic rings. The molecule has 0 bridgehead atoms. The van der Waals surface area contributed by atoms with Crippen LogP contribution in [0.5, 0.6) is 5.75 Å². The van der Waals surface area contributed by atoms with Crippen molar-refractivity contribution in [2.45, 2.75) is 19.8 Å². The number of carbonyl (C=O) groups is 2. The lowest BCUT2D eigenvalue weighted by Gasteiger charge is -2.18. The molecule has 0 N–H and O–H groups in total. The number of methoxy groups -OCH3 is 1. The molecule has 0 spiro atoms. The summed E-state index contributed by atoms with van der Waals surface area (Å²) < 4.78 is 5.22. The zero-order valence-corrected chi connectivity index (χ0v) is 12.4. The van der Waals surface area contributed by atoms with E-state index >= 15 is 0 Å². The number of hydrogen-bond donors (Lipinski definition) is 0. The molecule has 0 unspecified atom stereocenters. The molecule has 112 valence electrons. The molecule has 0 amide bonds. The molecule has 0 radical (unpaired) electrons. The van der Waals surface area contributed by atoms with E-state index in [4.69, 9.17) is 4.74 Å². The van der Waals surface area contributed by atoms with E-state index in [2.05, 4.69) is 9.99 Å². The van der Waals surface area contributed by atoms with E-state index in [-0.39, 0.29) is 11.5 Å². The SMILES string of the molecule is COc1ccc2c3c(ccc2c1)C(=O)/C(=N/OC(C)=O)CC3. The van der Waals surface area contributed by atoms with Gasteiger partial charge in [-0.1, -0.05) is 23.4 Å². The summed E-state index contributed by atoms with van der Waals surface area (Å²) >= 11 is 0. The smallest absolute Gasteiger partial charge is 0.331 e. The molecule has 5 heteroatoms. The van der Waals surface area contributed by atoms with E-state index < -0.39 is 5.97 Å². The van der Waals surface area contributed by atoms with Gasteiger partial charge in [0.1, 0.15) is 11.5 Å². The Kier molecular flexibility index (Phi) is 3.63. The average Bonchev–Trinajstić information content (AvgIpc) is 2.53. The van der Waals surface area contributed by atoms with Gasteiger partial charge >= 0.3 is 5.97 Å². The largest absolute Gasteiger partial charge is 0.497 e. The molecule has 0 saturated carbocycles. The molecule has 0 aromatic heterocycles. The van der Waals surface area contributed by atoms with Crippen molar-refractivity contribution in [2.75, 3.05) is 7.11 Å². The molecule has 5 nitrogen and oxygen atoms in total. The number of benzene rings is 2. The highest BCUT2D eigenvalue weighted by Crippen LogP contribution is 2.30. The first-order valence-corrected chi connectivity index (χ1v) is 6.99. The summed E-state index contributed by atoms with van der Waals surface area (Å²) in [6.07, 6.45) is 1.15. The summed E-state index contributed by atoms with van der Waals surface area (Å²) in [7, 11) is 1.63. The summed E-state index contributed by atoms with van der Waals surface area (Å²) in [6, 6.07) is 9.48. The molecule has 0 atom stereocenters. The number of nitrogens with zero attached hydrogens (tertiary/aromatic N) is 1. The maximum absolute atomic E-state index is 12.4. The Morgan fingerprint density at radius 1 is 1.18 bits per heavy atom. The number of hydrogen-bond acceptors (Lipinski definition) is 5. The predicted molar refractivity (Wildman–Crippen MR) is 82.4 cm³/mol. The van der Waals surface area contributed by atoms with Gasteiger partial charge in [-0.05, 0) is 34.9 Å². The van der Waals surface area contributed by atoms with Crippen molar-refractivity contribution < 1.29 is 19.2 Å². The molecule has 0 heterocycles. The van der Waals surface area contributed by atoms with Crippen LogP contribution in [0.1, 0.15) is 29.3 Å². The number of aryl methyl sites for hydroxylation is 1. The second-order valence-corrected chi connectivity index (χ2v) is 5.13. The Labute approximate surface area is 127 Å². The lowest BCUT2D eigenvalue weighted by atomic mass is 9.86. The first-order chi connectivity index (χ1) is 10.6. The van der Waals surface area contributed by atoms with Gasteiger partial charge in [0.15, 0.2) is 0 Å². The van der Waals surface area contributed by atoms with Gasteiger partial charge in [-0.25, -0.2) is 4.79 Å². The van der Waals surface area contributed by atoms with Gasteiger partial charge in [0.2, 0.25) is 5.78 Å². The Balaban J connectivity index is 2.05. The van der Waals surface area contributed by atoms with Crippen LogP contribution >= 0.6 is 0 Å². The zero-order valence-electron chi connectivity index (χ0n) is 12.4. The lowest BCUT2D eigenvalue weighted by molar-refractivity contribution is -0.140. The molecule has 2 aromatic rings. The normalized spacial score (nSPS) is 15.7. The molecule has 1 aliphatic carbocycles. The van der Waals surface area contributed by atoms with Crippen LogP contribution in [0.2, 0.25) is 0 Å². The Hall–Kier alpha value is -2.69. The molecular formula is C17H15NO4. The number of ketones is 1. The minimum absolute atomic E-state index is 0.180. The van der Waals surface area contributed by atoms with Crippen LogP contribution in [0.15, 0.2) is 35.5 Å². The molecule has 3 rings (SSSR count). The fourth-order valence-electron chi connectivity index (χ4n) is 2.70. The predicted octanol–water partition coefficient (Wildman–Crippen LogP) is 2.90. The standard InChI is InChI=1S/C17H15NO4/c1-10(19)22-18-16-8-7-14-13-6-4-12(21-2)9-11(13)3-5-15(14)17(16)20/h3-6,9H,7-8H2,1-2H3/b18-16+. The van der Waals surface area contributed by atoms with E-state index in [0.29, 0.717) is 18.4 Å². The van der Waals surface area contributed by atoms with Crippen LogP contribution in [0, 0.1) is 0 Å². The molecule has 2 aromatic carbocycles. The zero-order chi connectivity index (χ0) is 15.7. The third-order valence-corrected chi connectivity index (χ3v) is 3.74. The summed E-state index contributed by atoms with van der Waals surface area (Å²) in [5.41, 5.74) is 1.91. The molecule has 0 saturated heterocycles. The van der Waals surface area contributed by atoms with Crippen molar-refractivity contribution in [3.05, 3.63) is 41.5 Å². The monoisotopic (exact) mass is 297 g/mol. The number of oxime groups is 1. The van der Waals surface area contributed by atoms with Crippen molar-refractivity contribution in [1.82, 2.24) is 0 Å². The highest BCUT2D eigenvalue weighted by atomic mass is 16.7. The maximum Gasteiger partial charge on any atom is 0.331 e. The summed E-state index contributed by atoms with van der Waals surface area (Å²) in [5.74, 6) is 0.0728. The van der Waals surface area contributed by atoms with Crippen molar-refractivity contribution in [1.29, 1.82) is 0 Å². The minimum Gasteiger partial charge on any atom is -0.497 e. The second-order valence-electron chi connectivity index (χ2n) is 5.13. The van der Waals surface area contributed by atoms with Crippen LogP contribution in [0.25, 0.3) is 10.8 Å². The quantitative estimate of drug-likeness (QED) is 0.631. The van der Waals surface area contributed by atoms with Crippen molar-refractivity contribution >= 4 is 28.2 Å². The number of Topliss-reactive ketones (excluding diaryl/α,β-unsaturated/α-hetero) is 1. The third kappa shape index (κ3) is 2.45. The van der Waals surface area contributed by atoms with Crippen LogP contribution in [0.4, 0.5) is 0 Å². The van der Waals surface area contributed by atoms with Crippen molar-refractivity contribution in [3.8, 4) is 5.75 Å². The van der Waals surface area contributed by atoms with Crippen molar-refractivity contribution in [3.63, 3.8) is 0 Å². The van der Waals surface area contributed by atoms with Crippen LogP contribution in [-0.2, 0) is 16.1 Å². The van der Waals surface area contributed by atoms with Crippen LogP contribution < -0.4 is 4.74 Å². The van der Waals surface area contributed by atoms with Gasteiger partial charge < -0.3 is 9.57 Å². The topological polar surface area (TPSA) is 65.0 Å². The third-order valence-electron chi connectivity index (χ3n) is 3.74. The van der Waals surface area contributed by atoms with Gasteiger partial charge in [-0.15, -0.1) is 0 Å². The lowest BCUT2D eigenvalue weighted by Crippen LogP contribution is -2.23. The number of rotatable bonds is 2. The Morgan fingerprint density at radius 3 is 2.73 bits per heavy atom. The van der Waals surface area contributed by atoms with E-state index in [0.717, 1.165) is 22.1 Å². The first-order valence-electron chi connectivity index (χ1n) is 6.99. The number of fused-ring (bicyclic) bond motifs is 3. The van der Waals surface area contributed by atoms with E-state index in [9.17, 15) is 9.59 Å². The number of carbonyl (C=O) groups excluding carboxylic acids is 2. The van der Waals surface area contributed by atoms with E-state index in [1.807, 2.05) is 24.3 Å². The molecule has 0 fully saturated rings. The number of ether oxygens (including phenoxy) is 1. The summed E-state index contributed by atoms with van der Waals surface area (Å²) in [6.45, 7) is 1.26. The van der Waals surface area contributed by atoms with Crippen LogP contribution in [0.3, 0.4) is 0 Å².